The van der Waals surface area contributed by atoms with Crippen molar-refractivity contribution in [3.05, 3.63) is 41.5 Å². The molecule has 0 nitrogen and oxygen atoms in total. The monoisotopic (exact) mass is 278 g/mol. The lowest BCUT2D eigenvalue weighted by Gasteiger charge is -2.27. The lowest BCUT2D eigenvalue weighted by atomic mass is 9.79. The fourth-order valence-electron chi connectivity index (χ4n) is 3.10. The lowest BCUT2D eigenvalue weighted by Crippen LogP contribution is -2.13. The van der Waals surface area contributed by atoms with Crippen LogP contribution in [0.25, 0.3) is 6.08 Å². The molecule has 2 rings (SSSR count). The van der Waals surface area contributed by atoms with Crippen molar-refractivity contribution in [2.75, 3.05) is 0 Å². The Morgan fingerprint density at radius 3 is 2.40 bits per heavy atom. The molecule has 0 atom stereocenters. The fraction of sp³-hybridized carbons (Fsp3) is 0.556. The fourth-order valence-corrected chi connectivity index (χ4v) is 3.10. The van der Waals surface area contributed by atoms with Gasteiger partial charge in [0.2, 0.25) is 0 Å². The second-order valence-corrected chi connectivity index (χ2v) is 5.95. The molecule has 0 spiro atoms. The number of rotatable bonds is 5. The summed E-state index contributed by atoms with van der Waals surface area (Å²) in [6, 6.07) is 4.04. The molecule has 0 unspecified atom stereocenters. The van der Waals surface area contributed by atoms with Crippen LogP contribution in [0.4, 0.5) is 8.78 Å². The van der Waals surface area contributed by atoms with Crippen LogP contribution in [0.2, 0.25) is 0 Å². The second-order valence-electron chi connectivity index (χ2n) is 5.95. The van der Waals surface area contributed by atoms with Crippen molar-refractivity contribution in [1.29, 1.82) is 0 Å². The van der Waals surface area contributed by atoms with Gasteiger partial charge < -0.3 is 0 Å². The molecule has 0 saturated heterocycles. The summed E-state index contributed by atoms with van der Waals surface area (Å²) < 4.78 is 25.8. The van der Waals surface area contributed by atoms with Gasteiger partial charge in [-0.2, -0.15) is 0 Å². The summed E-state index contributed by atoms with van der Waals surface area (Å²) in [7, 11) is 0. The minimum absolute atomic E-state index is 0.735. The number of benzene rings is 1. The van der Waals surface area contributed by atoms with Crippen molar-refractivity contribution in [3.8, 4) is 0 Å². The highest BCUT2D eigenvalue weighted by molar-refractivity contribution is 5.48. The normalized spacial score (nSPS) is 23.4. The molecule has 1 aliphatic rings. The molecular formula is C18H24F2. The zero-order chi connectivity index (χ0) is 14.4. The first-order chi connectivity index (χ1) is 9.69. The van der Waals surface area contributed by atoms with E-state index >= 15 is 0 Å². The molecular weight excluding hydrogens is 254 g/mol. The molecule has 0 aliphatic heterocycles. The summed E-state index contributed by atoms with van der Waals surface area (Å²) in [4.78, 5) is 0. The SMILES string of the molecule is CCC1CCC(CCC=Cc2ccc(F)c(F)c2)CC1. The summed E-state index contributed by atoms with van der Waals surface area (Å²) in [5, 5.41) is 0. The Morgan fingerprint density at radius 2 is 1.75 bits per heavy atom. The summed E-state index contributed by atoms with van der Waals surface area (Å²) in [6.07, 6.45) is 13.0. The van der Waals surface area contributed by atoms with E-state index in [4.69, 9.17) is 0 Å². The topological polar surface area (TPSA) is 0 Å². The molecule has 110 valence electrons. The van der Waals surface area contributed by atoms with Crippen LogP contribution < -0.4 is 0 Å². The third kappa shape index (κ3) is 4.43. The molecule has 20 heavy (non-hydrogen) atoms. The van der Waals surface area contributed by atoms with Crippen LogP contribution in [0.15, 0.2) is 24.3 Å². The van der Waals surface area contributed by atoms with Crippen LogP contribution in [0, 0.1) is 23.5 Å². The van der Waals surface area contributed by atoms with E-state index in [1.54, 1.807) is 6.07 Å². The van der Waals surface area contributed by atoms with Gasteiger partial charge in [0.05, 0.1) is 0 Å². The summed E-state index contributed by atoms with van der Waals surface area (Å²) in [6.45, 7) is 2.29. The lowest BCUT2D eigenvalue weighted by molar-refractivity contribution is 0.260. The van der Waals surface area contributed by atoms with Gasteiger partial charge in [-0.05, 0) is 42.4 Å². The van der Waals surface area contributed by atoms with Crippen LogP contribution in [0.5, 0.6) is 0 Å². The highest BCUT2D eigenvalue weighted by Crippen LogP contribution is 2.33. The van der Waals surface area contributed by atoms with E-state index in [0.29, 0.717) is 0 Å². The first-order valence-corrected chi connectivity index (χ1v) is 7.80. The van der Waals surface area contributed by atoms with Gasteiger partial charge >= 0.3 is 0 Å². The molecule has 1 saturated carbocycles. The van der Waals surface area contributed by atoms with E-state index in [1.807, 2.05) is 6.08 Å². The third-order valence-corrected chi connectivity index (χ3v) is 4.54. The Balaban J connectivity index is 1.73. The first kappa shape index (κ1) is 15.2. The Morgan fingerprint density at radius 1 is 1.05 bits per heavy atom. The van der Waals surface area contributed by atoms with Crippen LogP contribution >= 0.6 is 0 Å². The van der Waals surface area contributed by atoms with Crippen molar-refractivity contribution >= 4 is 6.08 Å². The Bertz CT molecular complexity index is 443. The molecule has 1 aromatic rings. The van der Waals surface area contributed by atoms with Gasteiger partial charge in [-0.1, -0.05) is 57.2 Å². The molecule has 2 heteroatoms. The summed E-state index contributed by atoms with van der Waals surface area (Å²) in [5.74, 6) is 0.247. The van der Waals surface area contributed by atoms with Crippen molar-refractivity contribution in [1.82, 2.24) is 0 Å². The Hall–Kier alpha value is -1.18. The van der Waals surface area contributed by atoms with Crippen LogP contribution in [0.3, 0.4) is 0 Å². The molecule has 1 aromatic carbocycles. The van der Waals surface area contributed by atoms with E-state index in [0.717, 1.165) is 23.8 Å². The average Bonchev–Trinajstić information content (AvgIpc) is 2.48. The van der Waals surface area contributed by atoms with Gasteiger partial charge in [-0.25, -0.2) is 8.78 Å². The maximum atomic E-state index is 13.0. The van der Waals surface area contributed by atoms with Crippen LogP contribution in [-0.2, 0) is 0 Å². The first-order valence-electron chi connectivity index (χ1n) is 7.80. The smallest absolute Gasteiger partial charge is 0.159 e. The van der Waals surface area contributed by atoms with Gasteiger partial charge in [0.15, 0.2) is 11.6 Å². The third-order valence-electron chi connectivity index (χ3n) is 4.54. The van der Waals surface area contributed by atoms with Crippen molar-refractivity contribution in [2.45, 2.75) is 51.9 Å². The molecule has 0 bridgehead atoms. The highest BCUT2D eigenvalue weighted by atomic mass is 19.2. The van der Waals surface area contributed by atoms with E-state index in [9.17, 15) is 8.78 Å². The van der Waals surface area contributed by atoms with E-state index in [-0.39, 0.29) is 0 Å². The minimum Gasteiger partial charge on any atom is -0.204 e. The van der Waals surface area contributed by atoms with Gasteiger partial charge in [-0.15, -0.1) is 0 Å². The molecule has 1 aliphatic carbocycles. The predicted molar refractivity (Wildman–Crippen MR) is 80.4 cm³/mol. The summed E-state index contributed by atoms with van der Waals surface area (Å²) >= 11 is 0. The Labute approximate surface area is 120 Å². The van der Waals surface area contributed by atoms with Crippen LogP contribution in [0.1, 0.15) is 57.4 Å². The molecule has 0 heterocycles. The van der Waals surface area contributed by atoms with Crippen molar-refractivity contribution < 1.29 is 8.78 Å². The van der Waals surface area contributed by atoms with Crippen molar-refractivity contribution in [3.63, 3.8) is 0 Å². The molecule has 0 aromatic heterocycles. The number of hydrogen-bond acceptors (Lipinski definition) is 0. The van der Waals surface area contributed by atoms with Crippen molar-refractivity contribution in [2.24, 2.45) is 11.8 Å². The van der Waals surface area contributed by atoms with Crippen LogP contribution in [-0.4, -0.2) is 0 Å². The van der Waals surface area contributed by atoms with E-state index in [1.165, 1.54) is 50.7 Å². The quantitative estimate of drug-likeness (QED) is 0.622. The highest BCUT2D eigenvalue weighted by Gasteiger charge is 2.18. The second kappa shape index (κ2) is 7.56. The van der Waals surface area contributed by atoms with Gasteiger partial charge in [0.1, 0.15) is 0 Å². The standard InChI is InChI=1S/C18H24F2/c1-2-14-7-9-15(10-8-14)5-3-4-6-16-11-12-17(19)18(20)13-16/h4,6,11-15H,2-3,5,7-10H2,1H3. The number of hydrogen-bond donors (Lipinski definition) is 0. The molecule has 0 N–H and O–H groups in total. The molecule has 1 fully saturated rings. The van der Waals surface area contributed by atoms with Gasteiger partial charge in [0.25, 0.3) is 0 Å². The summed E-state index contributed by atoms with van der Waals surface area (Å²) in [5.41, 5.74) is 0.735. The zero-order valence-electron chi connectivity index (χ0n) is 12.2. The Kier molecular flexibility index (Phi) is 5.75. The van der Waals surface area contributed by atoms with E-state index in [2.05, 4.69) is 13.0 Å². The zero-order valence-corrected chi connectivity index (χ0v) is 12.2. The maximum absolute atomic E-state index is 13.0. The number of allylic oxidation sites excluding steroid dienone is 1. The maximum Gasteiger partial charge on any atom is 0.159 e. The number of halogens is 2. The van der Waals surface area contributed by atoms with Gasteiger partial charge in [0, 0.05) is 0 Å². The van der Waals surface area contributed by atoms with E-state index < -0.39 is 11.6 Å². The molecule has 0 amide bonds. The predicted octanol–water partition coefficient (Wildman–Crippen LogP) is 5.97. The minimum atomic E-state index is -0.783. The molecule has 0 radical (unpaired) electrons. The largest absolute Gasteiger partial charge is 0.204 e. The average molecular weight is 278 g/mol. The van der Waals surface area contributed by atoms with Gasteiger partial charge in [-0.3, -0.25) is 0 Å².